The number of likely N-dealkylation sites (N-methyl/N-ethyl adjacent to an activating group) is 1. The molecule has 0 aromatic rings. The number of carbonyl (C=O) groups excluding carboxylic acids is 1. The minimum absolute atomic E-state index is 0.00588. The van der Waals surface area contributed by atoms with Crippen molar-refractivity contribution in [1.29, 1.82) is 0 Å². The largest absolute Gasteiger partial charge is 0.379 e. The molecule has 8 heteroatoms. The van der Waals surface area contributed by atoms with Gasteiger partial charge in [-0.2, -0.15) is 0 Å². The van der Waals surface area contributed by atoms with E-state index in [0.29, 0.717) is 19.7 Å². The zero-order valence-corrected chi connectivity index (χ0v) is 11.7. The molecule has 0 aromatic heterocycles. The summed E-state index contributed by atoms with van der Waals surface area (Å²) in [5.74, 6) is -0.216. The molecule has 0 fully saturated rings. The van der Waals surface area contributed by atoms with Gasteiger partial charge in [-0.25, -0.2) is 8.42 Å². The molecule has 0 spiro atoms. The summed E-state index contributed by atoms with van der Waals surface area (Å²) in [6, 6.07) is 0. The number of nitrogens with one attached hydrogen (secondary N) is 2. The highest BCUT2D eigenvalue weighted by Crippen LogP contribution is 1.83. The van der Waals surface area contributed by atoms with Crippen LogP contribution in [-0.2, 0) is 24.1 Å². The molecule has 0 aliphatic heterocycles. The fourth-order valence-corrected chi connectivity index (χ4v) is 1.39. The van der Waals surface area contributed by atoms with Crippen molar-refractivity contribution in [3.8, 4) is 0 Å². The quantitative estimate of drug-likeness (QED) is 0.443. The van der Waals surface area contributed by atoms with Crippen LogP contribution in [0.5, 0.6) is 0 Å². The highest BCUT2D eigenvalue weighted by molar-refractivity contribution is 7.90. The summed E-state index contributed by atoms with van der Waals surface area (Å²) in [5, 5.41) is 5.49. The summed E-state index contributed by atoms with van der Waals surface area (Å²) in [7, 11) is -1.18. The monoisotopic (exact) mass is 282 g/mol. The fourth-order valence-electron chi connectivity index (χ4n) is 0.965. The van der Waals surface area contributed by atoms with Gasteiger partial charge in [0.1, 0.15) is 16.4 Å². The lowest BCUT2D eigenvalue weighted by atomic mass is 10.6. The van der Waals surface area contributed by atoms with Crippen LogP contribution in [0.25, 0.3) is 0 Å². The summed E-state index contributed by atoms with van der Waals surface area (Å²) in [4.78, 5) is 11.2. The highest BCUT2D eigenvalue weighted by atomic mass is 32.2. The Kier molecular flexibility index (Phi) is 9.85. The van der Waals surface area contributed by atoms with Gasteiger partial charge in [-0.3, -0.25) is 4.79 Å². The van der Waals surface area contributed by atoms with E-state index in [9.17, 15) is 13.2 Å². The van der Waals surface area contributed by atoms with E-state index < -0.39 is 9.84 Å². The van der Waals surface area contributed by atoms with Gasteiger partial charge in [0.25, 0.3) is 0 Å². The Hall–Kier alpha value is -0.700. The lowest BCUT2D eigenvalue weighted by Crippen LogP contribution is -2.31. The number of sulfone groups is 1. The van der Waals surface area contributed by atoms with Gasteiger partial charge in [0.15, 0.2) is 0 Å². The van der Waals surface area contributed by atoms with Crippen molar-refractivity contribution in [3.63, 3.8) is 0 Å². The molecule has 0 radical (unpaired) electrons. The van der Waals surface area contributed by atoms with E-state index in [1.165, 1.54) is 0 Å². The maximum atomic E-state index is 11.2. The first-order chi connectivity index (χ1) is 8.45. The Labute approximate surface area is 108 Å². The molecule has 2 N–H and O–H groups in total. The van der Waals surface area contributed by atoms with E-state index in [1.54, 1.807) is 7.05 Å². The first-order valence-corrected chi connectivity index (χ1v) is 7.76. The Bertz CT molecular complexity index is 318. The summed E-state index contributed by atoms with van der Waals surface area (Å²) < 4.78 is 31.7. The second-order valence-electron chi connectivity index (χ2n) is 3.75. The maximum absolute atomic E-state index is 11.2. The number of rotatable bonds is 11. The third-order valence-corrected chi connectivity index (χ3v) is 2.80. The van der Waals surface area contributed by atoms with Crippen molar-refractivity contribution >= 4 is 15.7 Å². The normalized spacial score (nSPS) is 11.4. The minimum Gasteiger partial charge on any atom is -0.379 e. The molecular formula is C10H22N2O5S. The van der Waals surface area contributed by atoms with Gasteiger partial charge in [-0.1, -0.05) is 0 Å². The van der Waals surface area contributed by atoms with Gasteiger partial charge in [0.05, 0.1) is 25.6 Å². The first-order valence-electron chi connectivity index (χ1n) is 5.70. The lowest BCUT2D eigenvalue weighted by Gasteiger charge is -2.06. The van der Waals surface area contributed by atoms with Crippen LogP contribution in [0.2, 0.25) is 0 Å². The predicted molar refractivity (Wildman–Crippen MR) is 68.3 cm³/mol. The highest BCUT2D eigenvalue weighted by Gasteiger charge is 2.02. The molecule has 0 aliphatic rings. The average Bonchev–Trinajstić information content (AvgIpc) is 2.28. The van der Waals surface area contributed by atoms with Crippen molar-refractivity contribution < 1.29 is 22.7 Å². The van der Waals surface area contributed by atoms with Gasteiger partial charge in [0.2, 0.25) is 5.91 Å². The van der Waals surface area contributed by atoms with Crippen molar-refractivity contribution in [3.05, 3.63) is 0 Å². The smallest absolute Gasteiger partial charge is 0.246 e. The van der Waals surface area contributed by atoms with Crippen LogP contribution in [0.15, 0.2) is 0 Å². The van der Waals surface area contributed by atoms with Crippen LogP contribution in [0, 0.1) is 0 Å². The topological polar surface area (TPSA) is 93.7 Å². The Morgan fingerprint density at radius 1 is 1.11 bits per heavy atom. The molecular weight excluding hydrogens is 260 g/mol. The van der Waals surface area contributed by atoms with E-state index in [-0.39, 0.29) is 31.5 Å². The molecule has 18 heavy (non-hydrogen) atoms. The Morgan fingerprint density at radius 3 is 2.39 bits per heavy atom. The Morgan fingerprint density at radius 2 is 1.78 bits per heavy atom. The van der Waals surface area contributed by atoms with Crippen molar-refractivity contribution in [2.24, 2.45) is 0 Å². The number of carbonyl (C=O) groups is 1. The van der Waals surface area contributed by atoms with E-state index in [1.807, 2.05) is 0 Å². The van der Waals surface area contributed by atoms with Crippen LogP contribution in [0.1, 0.15) is 0 Å². The van der Waals surface area contributed by atoms with Crippen LogP contribution in [-0.4, -0.2) is 72.9 Å². The van der Waals surface area contributed by atoms with Gasteiger partial charge in [0, 0.05) is 19.3 Å². The van der Waals surface area contributed by atoms with Gasteiger partial charge >= 0.3 is 0 Å². The van der Waals surface area contributed by atoms with Crippen molar-refractivity contribution in [1.82, 2.24) is 10.6 Å². The number of hydrogen-bond acceptors (Lipinski definition) is 6. The molecule has 0 bridgehead atoms. The molecule has 0 saturated heterocycles. The zero-order chi connectivity index (χ0) is 13.9. The standard InChI is InChI=1S/C10H22N2O5S/c1-11-3-5-17-9-10(13)12-4-6-16-7-8-18(2,14)15/h11H,3-9H2,1-2H3,(H,12,13). The maximum Gasteiger partial charge on any atom is 0.246 e. The number of hydrogen-bond donors (Lipinski definition) is 2. The summed E-state index contributed by atoms with van der Waals surface area (Å²) >= 11 is 0. The minimum atomic E-state index is -2.98. The SMILES string of the molecule is CNCCOCC(=O)NCCOCCS(C)(=O)=O. The number of ether oxygens (including phenoxy) is 2. The molecule has 1 amide bonds. The molecule has 108 valence electrons. The van der Waals surface area contributed by atoms with Crippen LogP contribution < -0.4 is 10.6 Å². The Balaban J connectivity index is 3.30. The first kappa shape index (κ1) is 17.3. The average molecular weight is 282 g/mol. The zero-order valence-electron chi connectivity index (χ0n) is 10.9. The molecule has 0 aromatic carbocycles. The lowest BCUT2D eigenvalue weighted by molar-refractivity contribution is -0.125. The van der Waals surface area contributed by atoms with Gasteiger partial charge in [-0.05, 0) is 7.05 Å². The van der Waals surface area contributed by atoms with Gasteiger partial charge < -0.3 is 20.1 Å². The van der Waals surface area contributed by atoms with E-state index in [0.717, 1.165) is 6.26 Å². The number of amides is 1. The summed E-state index contributed by atoms with van der Waals surface area (Å²) in [6.07, 6.45) is 1.15. The van der Waals surface area contributed by atoms with Crippen LogP contribution in [0.3, 0.4) is 0 Å². The van der Waals surface area contributed by atoms with E-state index in [2.05, 4.69) is 10.6 Å². The third-order valence-electron chi connectivity index (χ3n) is 1.90. The molecule has 0 atom stereocenters. The summed E-state index contributed by atoms with van der Waals surface area (Å²) in [5.41, 5.74) is 0. The van der Waals surface area contributed by atoms with Crippen molar-refractivity contribution in [2.75, 3.05) is 58.6 Å². The van der Waals surface area contributed by atoms with E-state index >= 15 is 0 Å². The predicted octanol–water partition coefficient (Wildman–Crippen LogP) is -1.60. The van der Waals surface area contributed by atoms with Crippen LogP contribution in [0.4, 0.5) is 0 Å². The molecule has 7 nitrogen and oxygen atoms in total. The third kappa shape index (κ3) is 13.4. The second kappa shape index (κ2) is 10.2. The molecule has 0 saturated carbocycles. The second-order valence-corrected chi connectivity index (χ2v) is 6.01. The fraction of sp³-hybridized carbons (Fsp3) is 0.900. The van der Waals surface area contributed by atoms with E-state index in [4.69, 9.17) is 9.47 Å². The van der Waals surface area contributed by atoms with Gasteiger partial charge in [-0.15, -0.1) is 0 Å². The molecule has 0 aliphatic carbocycles. The molecule has 0 unspecified atom stereocenters. The molecule has 0 rings (SSSR count). The molecule has 0 heterocycles. The van der Waals surface area contributed by atoms with Crippen molar-refractivity contribution in [2.45, 2.75) is 0 Å². The summed E-state index contributed by atoms with van der Waals surface area (Å²) in [6.45, 7) is 1.98. The van der Waals surface area contributed by atoms with Crippen LogP contribution >= 0.6 is 0 Å².